The maximum absolute atomic E-state index is 9.46. The van der Waals surface area contributed by atoms with E-state index in [1.54, 1.807) is 0 Å². The third kappa shape index (κ3) is 2.55. The molecule has 0 bridgehead atoms. The lowest BCUT2D eigenvalue weighted by molar-refractivity contribution is 0.0501. The van der Waals surface area contributed by atoms with E-state index < -0.39 is 0 Å². The molecule has 0 aliphatic rings. The molecule has 0 aliphatic carbocycles. The summed E-state index contributed by atoms with van der Waals surface area (Å²) in [4.78, 5) is 13.9. The zero-order valence-electron chi connectivity index (χ0n) is 5.26. The second-order valence-electron chi connectivity index (χ2n) is 1.62. The van der Waals surface area contributed by atoms with Crippen LogP contribution in [-0.4, -0.2) is 6.10 Å². The first kappa shape index (κ1) is 7.40. The van der Waals surface area contributed by atoms with Gasteiger partial charge < -0.3 is 4.84 Å². The predicted molar refractivity (Wildman–Crippen MR) is 31.2 cm³/mol. The normalized spacial score (nSPS) is 9.38. The molecule has 3 nitrogen and oxygen atoms in total. The second-order valence-corrected chi connectivity index (χ2v) is 1.62. The standard InChI is InChI=1S/C5H11NO2/c1-3-5(4-2)8-6-7/h5H,3-4H2,1-2H3. The van der Waals surface area contributed by atoms with Crippen LogP contribution in [0, 0.1) is 4.91 Å². The number of hydrogen-bond donors (Lipinski definition) is 0. The van der Waals surface area contributed by atoms with Gasteiger partial charge in [-0.25, -0.2) is 0 Å². The summed E-state index contributed by atoms with van der Waals surface area (Å²) in [5.74, 6) is 0. The molecule has 0 aromatic heterocycles. The molecule has 0 spiro atoms. The summed E-state index contributed by atoms with van der Waals surface area (Å²) in [6, 6.07) is 0. The van der Waals surface area contributed by atoms with Crippen molar-refractivity contribution in [3.8, 4) is 0 Å². The highest BCUT2D eigenvalue weighted by molar-refractivity contribution is 4.47. The number of nitrogens with zero attached hydrogens (tertiary/aromatic N) is 1. The summed E-state index contributed by atoms with van der Waals surface area (Å²) in [6.07, 6.45) is 1.72. The Kier molecular flexibility index (Phi) is 4.21. The van der Waals surface area contributed by atoms with Crippen LogP contribution in [0.25, 0.3) is 0 Å². The van der Waals surface area contributed by atoms with Gasteiger partial charge in [-0.05, 0) is 12.8 Å². The topological polar surface area (TPSA) is 38.7 Å². The molecule has 0 N–H and O–H groups in total. The van der Waals surface area contributed by atoms with Gasteiger partial charge in [-0.2, -0.15) is 0 Å². The van der Waals surface area contributed by atoms with Crippen LogP contribution >= 0.6 is 0 Å². The van der Waals surface area contributed by atoms with Gasteiger partial charge in [-0.15, -0.1) is 4.91 Å². The highest BCUT2D eigenvalue weighted by Gasteiger charge is 2.01. The van der Waals surface area contributed by atoms with E-state index in [4.69, 9.17) is 0 Å². The van der Waals surface area contributed by atoms with Crippen LogP contribution < -0.4 is 0 Å². The van der Waals surface area contributed by atoms with Crippen LogP contribution in [0.2, 0.25) is 0 Å². The van der Waals surface area contributed by atoms with E-state index in [0.29, 0.717) is 0 Å². The smallest absolute Gasteiger partial charge is 0.155 e. The van der Waals surface area contributed by atoms with Crippen LogP contribution in [0.1, 0.15) is 26.7 Å². The fourth-order valence-electron chi connectivity index (χ4n) is 0.499. The highest BCUT2D eigenvalue weighted by atomic mass is 16.7. The Labute approximate surface area is 49.0 Å². The number of hydrogen-bond acceptors (Lipinski definition) is 3. The average Bonchev–Trinajstić information content (AvgIpc) is 1.83. The molecule has 0 unspecified atom stereocenters. The van der Waals surface area contributed by atoms with E-state index in [-0.39, 0.29) is 6.10 Å². The third-order valence-corrected chi connectivity index (χ3v) is 1.10. The quantitative estimate of drug-likeness (QED) is 0.416. The van der Waals surface area contributed by atoms with Crippen LogP contribution in [0.5, 0.6) is 0 Å². The van der Waals surface area contributed by atoms with E-state index in [9.17, 15) is 4.91 Å². The van der Waals surface area contributed by atoms with Gasteiger partial charge >= 0.3 is 0 Å². The van der Waals surface area contributed by atoms with Crippen LogP contribution in [-0.2, 0) is 4.84 Å². The maximum atomic E-state index is 9.46. The summed E-state index contributed by atoms with van der Waals surface area (Å²) >= 11 is 0. The van der Waals surface area contributed by atoms with Gasteiger partial charge in [0.25, 0.3) is 0 Å². The minimum Gasteiger partial charge on any atom is -0.361 e. The largest absolute Gasteiger partial charge is 0.361 e. The Morgan fingerprint density at radius 2 is 2.00 bits per heavy atom. The molecule has 3 heteroatoms. The van der Waals surface area contributed by atoms with Crippen molar-refractivity contribution in [1.29, 1.82) is 0 Å². The van der Waals surface area contributed by atoms with Crippen LogP contribution in [0.3, 0.4) is 0 Å². The summed E-state index contributed by atoms with van der Waals surface area (Å²) < 4.78 is 0. The van der Waals surface area contributed by atoms with E-state index >= 15 is 0 Å². The Morgan fingerprint density at radius 3 is 2.12 bits per heavy atom. The molecule has 0 amide bonds. The fourth-order valence-corrected chi connectivity index (χ4v) is 0.499. The Hall–Kier alpha value is -0.600. The van der Waals surface area contributed by atoms with Gasteiger partial charge in [0, 0.05) is 0 Å². The molecule has 0 aliphatic heterocycles. The minimum atomic E-state index is 0.0208. The molecule has 48 valence electrons. The van der Waals surface area contributed by atoms with E-state index in [0.717, 1.165) is 12.8 Å². The average molecular weight is 117 g/mol. The lowest BCUT2D eigenvalue weighted by atomic mass is 10.2. The molecule has 0 rings (SSSR count). The zero-order chi connectivity index (χ0) is 6.41. The third-order valence-electron chi connectivity index (χ3n) is 1.10. The molecular formula is C5H11NO2. The van der Waals surface area contributed by atoms with Gasteiger partial charge in [-0.1, -0.05) is 13.8 Å². The molecule has 0 saturated heterocycles. The van der Waals surface area contributed by atoms with Gasteiger partial charge in [0.2, 0.25) is 0 Å². The fraction of sp³-hybridized carbons (Fsp3) is 1.00. The maximum Gasteiger partial charge on any atom is 0.155 e. The van der Waals surface area contributed by atoms with E-state index in [1.165, 1.54) is 0 Å². The number of rotatable bonds is 4. The summed E-state index contributed by atoms with van der Waals surface area (Å²) in [7, 11) is 0. The molecule has 0 aromatic rings. The molecule has 0 heterocycles. The van der Waals surface area contributed by atoms with Crippen molar-refractivity contribution in [3.63, 3.8) is 0 Å². The molecule has 0 saturated carbocycles. The van der Waals surface area contributed by atoms with Crippen LogP contribution in [0.15, 0.2) is 5.34 Å². The van der Waals surface area contributed by atoms with Gasteiger partial charge in [0.15, 0.2) is 5.34 Å². The van der Waals surface area contributed by atoms with Gasteiger partial charge in [0.1, 0.15) is 6.10 Å². The summed E-state index contributed by atoms with van der Waals surface area (Å²) in [5.41, 5.74) is 0. The molecule has 8 heavy (non-hydrogen) atoms. The SMILES string of the molecule is CCC(CC)ON=O. The molecular weight excluding hydrogens is 106 g/mol. The Bertz CT molecular complexity index is 61.4. The minimum absolute atomic E-state index is 0.0208. The highest BCUT2D eigenvalue weighted by Crippen LogP contribution is 2.01. The zero-order valence-corrected chi connectivity index (χ0v) is 5.26. The van der Waals surface area contributed by atoms with Gasteiger partial charge in [0.05, 0.1) is 0 Å². The van der Waals surface area contributed by atoms with Crippen molar-refractivity contribution >= 4 is 0 Å². The van der Waals surface area contributed by atoms with Crippen molar-refractivity contribution in [2.45, 2.75) is 32.8 Å². The lowest BCUT2D eigenvalue weighted by Gasteiger charge is -2.04. The Balaban J connectivity index is 3.20. The van der Waals surface area contributed by atoms with Gasteiger partial charge in [-0.3, -0.25) is 0 Å². The van der Waals surface area contributed by atoms with Crippen molar-refractivity contribution in [1.82, 2.24) is 0 Å². The molecule has 0 aromatic carbocycles. The van der Waals surface area contributed by atoms with Crippen molar-refractivity contribution in [3.05, 3.63) is 4.91 Å². The molecule has 0 atom stereocenters. The monoisotopic (exact) mass is 117 g/mol. The first-order valence-electron chi connectivity index (χ1n) is 2.83. The van der Waals surface area contributed by atoms with Crippen molar-refractivity contribution < 1.29 is 4.84 Å². The van der Waals surface area contributed by atoms with Crippen LogP contribution in [0.4, 0.5) is 0 Å². The Morgan fingerprint density at radius 1 is 1.50 bits per heavy atom. The first-order valence-corrected chi connectivity index (χ1v) is 2.83. The summed E-state index contributed by atoms with van der Waals surface area (Å²) in [6.45, 7) is 3.92. The van der Waals surface area contributed by atoms with E-state index in [1.807, 2.05) is 13.8 Å². The van der Waals surface area contributed by atoms with E-state index in [2.05, 4.69) is 10.2 Å². The summed E-state index contributed by atoms with van der Waals surface area (Å²) in [5, 5.41) is 2.33. The van der Waals surface area contributed by atoms with Crippen molar-refractivity contribution in [2.75, 3.05) is 0 Å². The first-order chi connectivity index (χ1) is 3.85. The molecule has 0 radical (unpaired) electrons. The van der Waals surface area contributed by atoms with Crippen molar-refractivity contribution in [2.24, 2.45) is 5.34 Å². The lowest BCUT2D eigenvalue weighted by Crippen LogP contribution is -2.04. The molecule has 0 fully saturated rings. The predicted octanol–water partition coefficient (Wildman–Crippen LogP) is 1.87. The second kappa shape index (κ2) is 4.56.